The Kier molecular flexibility index (Phi) is 3.51. The molecule has 7 heteroatoms. The summed E-state index contributed by atoms with van der Waals surface area (Å²) in [5.74, 6) is 0.976. The van der Waals surface area contributed by atoms with E-state index in [-0.39, 0.29) is 5.28 Å². The lowest BCUT2D eigenvalue weighted by atomic mass is 10.0. The minimum absolute atomic E-state index is 0.173. The van der Waals surface area contributed by atoms with Crippen molar-refractivity contribution in [2.24, 2.45) is 0 Å². The van der Waals surface area contributed by atoms with E-state index < -0.39 is 0 Å². The molecule has 0 bridgehead atoms. The van der Waals surface area contributed by atoms with Crippen LogP contribution < -0.4 is 10.5 Å². The lowest BCUT2D eigenvalue weighted by Crippen LogP contribution is -1.97. The molecule has 2 aromatic carbocycles. The summed E-state index contributed by atoms with van der Waals surface area (Å²) in [6.45, 7) is 0. The molecule has 24 heavy (non-hydrogen) atoms. The molecule has 0 amide bonds. The van der Waals surface area contributed by atoms with Crippen molar-refractivity contribution in [1.29, 1.82) is 0 Å². The van der Waals surface area contributed by atoms with Crippen molar-refractivity contribution in [3.63, 3.8) is 0 Å². The Labute approximate surface area is 142 Å². The van der Waals surface area contributed by atoms with Gasteiger partial charge in [-0.05, 0) is 35.4 Å². The predicted octanol–water partition coefficient (Wildman–Crippen LogP) is 3.82. The van der Waals surface area contributed by atoms with Gasteiger partial charge in [-0.3, -0.25) is 0 Å². The van der Waals surface area contributed by atoms with Crippen molar-refractivity contribution < 1.29 is 4.74 Å². The molecular formula is C17H12ClN5O. The number of nitrogen functional groups attached to an aromatic ring is 1. The molecule has 0 fully saturated rings. The number of benzene rings is 2. The zero-order chi connectivity index (χ0) is 16.5. The van der Waals surface area contributed by atoms with Gasteiger partial charge >= 0.3 is 0 Å². The normalized spacial score (nSPS) is 10.9. The molecule has 0 saturated heterocycles. The highest BCUT2D eigenvalue weighted by Gasteiger charge is 2.11. The second-order valence-corrected chi connectivity index (χ2v) is 5.47. The van der Waals surface area contributed by atoms with Crippen molar-refractivity contribution >= 4 is 22.9 Å². The molecule has 0 aliphatic heterocycles. The fourth-order valence-electron chi connectivity index (χ4n) is 2.39. The topological polar surface area (TPSA) is 78.3 Å². The fraction of sp³-hybridized carbons (Fsp3) is 0. The van der Waals surface area contributed by atoms with Crippen LogP contribution in [0.5, 0.6) is 11.6 Å². The van der Waals surface area contributed by atoms with Gasteiger partial charge in [-0.25, -0.2) is 0 Å². The lowest BCUT2D eigenvalue weighted by Gasteiger charge is -2.11. The summed E-state index contributed by atoms with van der Waals surface area (Å²) in [5, 5.41) is 12.1. The summed E-state index contributed by atoms with van der Waals surface area (Å²) < 4.78 is 7.36. The first-order chi connectivity index (χ1) is 11.7. The van der Waals surface area contributed by atoms with Crippen LogP contribution in [0, 0.1) is 0 Å². The Balaban J connectivity index is 1.78. The highest BCUT2D eigenvalue weighted by atomic mass is 35.5. The quantitative estimate of drug-likeness (QED) is 0.575. The number of nitrogens with two attached hydrogens (primary N) is 1. The van der Waals surface area contributed by atoms with E-state index in [1.807, 2.05) is 42.5 Å². The average Bonchev–Trinajstić information content (AvgIpc) is 2.97. The molecule has 0 aliphatic rings. The van der Waals surface area contributed by atoms with Gasteiger partial charge in [0.2, 0.25) is 11.2 Å². The van der Waals surface area contributed by atoms with Crippen LogP contribution in [0.2, 0.25) is 5.28 Å². The number of fused-ring (bicyclic) bond motifs is 1. The zero-order valence-corrected chi connectivity index (χ0v) is 13.2. The number of ether oxygens (including phenoxy) is 1. The van der Waals surface area contributed by atoms with Crippen molar-refractivity contribution in [1.82, 2.24) is 19.8 Å². The van der Waals surface area contributed by atoms with Crippen LogP contribution in [0.1, 0.15) is 0 Å². The summed E-state index contributed by atoms with van der Waals surface area (Å²) in [5.41, 5.74) is 9.00. The van der Waals surface area contributed by atoms with E-state index in [0.717, 1.165) is 11.1 Å². The molecule has 4 rings (SSSR count). The third-order valence-corrected chi connectivity index (χ3v) is 3.74. The SMILES string of the molecule is Nc1ccc(-c2ccccc2)c(Oc2ccc3nnc(Cl)n3n2)c1. The van der Waals surface area contributed by atoms with E-state index in [4.69, 9.17) is 22.1 Å². The summed E-state index contributed by atoms with van der Waals surface area (Å²) in [6.07, 6.45) is 0. The smallest absolute Gasteiger partial charge is 0.246 e. The second kappa shape index (κ2) is 5.82. The molecule has 0 aliphatic carbocycles. The maximum absolute atomic E-state index is 5.95. The number of hydrogen-bond donors (Lipinski definition) is 1. The van der Waals surface area contributed by atoms with Gasteiger partial charge in [-0.1, -0.05) is 30.3 Å². The predicted molar refractivity (Wildman–Crippen MR) is 92.2 cm³/mol. The Morgan fingerprint density at radius 2 is 1.79 bits per heavy atom. The van der Waals surface area contributed by atoms with Crippen LogP contribution in [0.15, 0.2) is 60.7 Å². The van der Waals surface area contributed by atoms with Crippen molar-refractivity contribution in [2.75, 3.05) is 5.73 Å². The maximum Gasteiger partial charge on any atom is 0.246 e. The van der Waals surface area contributed by atoms with Gasteiger partial charge in [0.25, 0.3) is 0 Å². The molecule has 0 spiro atoms. The number of nitrogens with zero attached hydrogens (tertiary/aromatic N) is 4. The van der Waals surface area contributed by atoms with Crippen LogP contribution in [0.3, 0.4) is 0 Å². The van der Waals surface area contributed by atoms with Crippen LogP contribution in [-0.2, 0) is 0 Å². The van der Waals surface area contributed by atoms with Crippen LogP contribution >= 0.6 is 11.6 Å². The van der Waals surface area contributed by atoms with E-state index in [0.29, 0.717) is 23.0 Å². The largest absolute Gasteiger partial charge is 0.437 e. The van der Waals surface area contributed by atoms with Gasteiger partial charge in [0.15, 0.2) is 5.65 Å². The third-order valence-electron chi connectivity index (χ3n) is 3.51. The molecule has 6 nitrogen and oxygen atoms in total. The average molecular weight is 338 g/mol. The first-order valence-electron chi connectivity index (χ1n) is 7.21. The van der Waals surface area contributed by atoms with E-state index in [2.05, 4.69) is 15.3 Å². The van der Waals surface area contributed by atoms with Crippen molar-refractivity contribution in [3.05, 3.63) is 65.9 Å². The Hall–Kier alpha value is -3.12. The summed E-state index contributed by atoms with van der Waals surface area (Å²) in [7, 11) is 0. The first-order valence-corrected chi connectivity index (χ1v) is 7.59. The molecule has 4 aromatic rings. The molecule has 2 N–H and O–H groups in total. The van der Waals surface area contributed by atoms with E-state index in [1.165, 1.54) is 4.52 Å². The molecule has 0 atom stereocenters. The summed E-state index contributed by atoms with van der Waals surface area (Å²) in [4.78, 5) is 0. The molecular weight excluding hydrogens is 326 g/mol. The van der Waals surface area contributed by atoms with Gasteiger partial charge < -0.3 is 10.5 Å². The molecule has 0 unspecified atom stereocenters. The first kappa shape index (κ1) is 14.5. The van der Waals surface area contributed by atoms with Gasteiger partial charge in [-0.15, -0.1) is 15.3 Å². The Morgan fingerprint density at radius 3 is 2.62 bits per heavy atom. The second-order valence-electron chi connectivity index (χ2n) is 5.13. The molecule has 118 valence electrons. The minimum atomic E-state index is 0.173. The summed E-state index contributed by atoms with van der Waals surface area (Å²) >= 11 is 5.95. The van der Waals surface area contributed by atoms with Gasteiger partial charge in [0.05, 0.1) is 0 Å². The number of hydrogen-bond acceptors (Lipinski definition) is 5. The van der Waals surface area contributed by atoms with Crippen LogP contribution in [0.4, 0.5) is 5.69 Å². The number of aromatic nitrogens is 4. The highest BCUT2D eigenvalue weighted by molar-refractivity contribution is 6.28. The van der Waals surface area contributed by atoms with Gasteiger partial charge in [0.1, 0.15) is 5.75 Å². The molecule has 0 saturated carbocycles. The fourth-order valence-corrected chi connectivity index (χ4v) is 2.55. The van der Waals surface area contributed by atoms with Gasteiger partial charge in [0, 0.05) is 23.4 Å². The monoisotopic (exact) mass is 337 g/mol. The molecule has 2 aromatic heterocycles. The highest BCUT2D eigenvalue weighted by Crippen LogP contribution is 2.34. The molecule has 2 heterocycles. The number of rotatable bonds is 3. The minimum Gasteiger partial charge on any atom is -0.437 e. The zero-order valence-electron chi connectivity index (χ0n) is 12.4. The number of anilines is 1. The Bertz CT molecular complexity index is 1020. The third kappa shape index (κ3) is 2.63. The Morgan fingerprint density at radius 1 is 0.958 bits per heavy atom. The maximum atomic E-state index is 5.95. The number of halogens is 1. The lowest BCUT2D eigenvalue weighted by molar-refractivity contribution is 0.454. The van der Waals surface area contributed by atoms with Gasteiger partial charge in [-0.2, -0.15) is 4.52 Å². The van der Waals surface area contributed by atoms with E-state index >= 15 is 0 Å². The van der Waals surface area contributed by atoms with Crippen molar-refractivity contribution in [3.8, 4) is 22.8 Å². The summed E-state index contributed by atoms with van der Waals surface area (Å²) in [6, 6.07) is 18.9. The van der Waals surface area contributed by atoms with Crippen molar-refractivity contribution in [2.45, 2.75) is 0 Å². The van der Waals surface area contributed by atoms with Crippen LogP contribution in [0.25, 0.3) is 16.8 Å². The standard InChI is InChI=1S/C17H12ClN5O/c18-17-21-20-15-8-9-16(22-23(15)17)24-14-10-12(19)6-7-13(14)11-4-2-1-3-5-11/h1-10H,19H2. The van der Waals surface area contributed by atoms with Crippen LogP contribution in [-0.4, -0.2) is 19.8 Å². The van der Waals surface area contributed by atoms with E-state index in [9.17, 15) is 0 Å². The van der Waals surface area contributed by atoms with E-state index in [1.54, 1.807) is 18.2 Å². The molecule has 0 radical (unpaired) electrons.